The summed E-state index contributed by atoms with van der Waals surface area (Å²) >= 11 is 0. The Morgan fingerprint density at radius 1 is 0.943 bits per heavy atom. The second-order valence-electron chi connectivity index (χ2n) is 10.9. The lowest BCUT2D eigenvalue weighted by Crippen LogP contribution is -2.81. The SMILES string of the molecule is CC(=O)O[C@@H]1[C@@H](O)[C@@H]2[C@@H](OC(C)=O)[C@@]3(OC2(C)C)[C@@]1(C)[C@@H](OC(=O)c1ccccc1)CC[C@]3(C)O. The van der Waals surface area contributed by atoms with Crippen molar-refractivity contribution < 1.29 is 43.5 Å². The molecule has 2 N–H and O–H groups in total. The Balaban J connectivity index is 1.92. The van der Waals surface area contributed by atoms with E-state index >= 15 is 0 Å². The molecule has 35 heavy (non-hydrogen) atoms. The predicted octanol–water partition coefficient (Wildman–Crippen LogP) is 2.16. The lowest BCUT2D eigenvalue weighted by Gasteiger charge is -2.64. The molecule has 3 fully saturated rings. The number of carbonyl (C=O) groups excluding carboxylic acids is 3. The Bertz CT molecular complexity index is 1020. The van der Waals surface area contributed by atoms with Gasteiger partial charge < -0.3 is 29.2 Å². The highest BCUT2D eigenvalue weighted by Crippen LogP contribution is 2.68. The highest BCUT2D eigenvalue weighted by molar-refractivity contribution is 5.89. The number of hydrogen-bond acceptors (Lipinski definition) is 9. The van der Waals surface area contributed by atoms with Crippen LogP contribution in [0.2, 0.25) is 0 Å². The van der Waals surface area contributed by atoms with Crippen LogP contribution in [0.25, 0.3) is 0 Å². The van der Waals surface area contributed by atoms with Gasteiger partial charge in [-0.15, -0.1) is 0 Å². The quantitative estimate of drug-likeness (QED) is 0.482. The van der Waals surface area contributed by atoms with Crippen LogP contribution in [0, 0.1) is 11.3 Å². The predicted molar refractivity (Wildman–Crippen MR) is 122 cm³/mol. The average Bonchev–Trinajstić information content (AvgIpc) is 2.97. The van der Waals surface area contributed by atoms with E-state index in [2.05, 4.69) is 0 Å². The number of hydrogen-bond donors (Lipinski definition) is 2. The minimum absolute atomic E-state index is 0.152. The van der Waals surface area contributed by atoms with Gasteiger partial charge in [0.15, 0.2) is 0 Å². The van der Waals surface area contributed by atoms with E-state index in [0.717, 1.165) is 0 Å². The largest absolute Gasteiger partial charge is 0.459 e. The molecule has 3 aliphatic rings. The highest BCUT2D eigenvalue weighted by Gasteiger charge is 2.84. The summed E-state index contributed by atoms with van der Waals surface area (Å²) in [6.07, 6.45) is -4.21. The van der Waals surface area contributed by atoms with Crippen LogP contribution in [0.4, 0.5) is 0 Å². The van der Waals surface area contributed by atoms with E-state index in [4.69, 9.17) is 18.9 Å². The van der Waals surface area contributed by atoms with Gasteiger partial charge in [0.1, 0.15) is 30.0 Å². The van der Waals surface area contributed by atoms with Gasteiger partial charge in [0.2, 0.25) is 0 Å². The molecule has 2 bridgehead atoms. The van der Waals surface area contributed by atoms with Gasteiger partial charge in [0, 0.05) is 13.8 Å². The third-order valence-electron chi connectivity index (χ3n) is 8.23. The number of rotatable bonds is 4. The Hall–Kier alpha value is -2.49. The van der Waals surface area contributed by atoms with Gasteiger partial charge in [-0.2, -0.15) is 0 Å². The smallest absolute Gasteiger partial charge is 0.338 e. The maximum atomic E-state index is 13.1. The summed E-state index contributed by atoms with van der Waals surface area (Å²) in [5.41, 5.74) is -5.47. The summed E-state index contributed by atoms with van der Waals surface area (Å²) in [6, 6.07) is 8.43. The topological polar surface area (TPSA) is 129 Å². The van der Waals surface area contributed by atoms with E-state index in [0.29, 0.717) is 5.56 Å². The summed E-state index contributed by atoms with van der Waals surface area (Å²) in [7, 11) is 0. The van der Waals surface area contributed by atoms with E-state index in [1.807, 2.05) is 0 Å². The number of esters is 3. The first-order valence-corrected chi connectivity index (χ1v) is 11.9. The first kappa shape index (κ1) is 25.6. The third kappa shape index (κ3) is 3.58. The van der Waals surface area contributed by atoms with E-state index in [-0.39, 0.29) is 12.8 Å². The first-order valence-electron chi connectivity index (χ1n) is 11.9. The molecule has 9 nitrogen and oxygen atoms in total. The monoisotopic (exact) mass is 490 g/mol. The van der Waals surface area contributed by atoms with Crippen LogP contribution in [-0.4, -0.2) is 69.3 Å². The second-order valence-corrected chi connectivity index (χ2v) is 10.9. The van der Waals surface area contributed by atoms with Crippen molar-refractivity contribution in [2.75, 3.05) is 0 Å². The fourth-order valence-corrected chi connectivity index (χ4v) is 6.90. The molecule has 0 unspecified atom stereocenters. The van der Waals surface area contributed by atoms with E-state index in [1.165, 1.54) is 13.8 Å². The highest BCUT2D eigenvalue weighted by atomic mass is 16.6. The zero-order chi connectivity index (χ0) is 26.0. The van der Waals surface area contributed by atoms with Crippen LogP contribution < -0.4 is 0 Å². The number of aliphatic hydroxyl groups excluding tert-OH is 1. The number of ether oxygens (including phenoxy) is 4. The average molecular weight is 491 g/mol. The van der Waals surface area contributed by atoms with E-state index in [1.54, 1.807) is 58.0 Å². The Morgan fingerprint density at radius 3 is 2.09 bits per heavy atom. The first-order chi connectivity index (χ1) is 16.2. The van der Waals surface area contributed by atoms with Gasteiger partial charge in [-0.05, 0) is 52.7 Å². The van der Waals surface area contributed by atoms with Crippen LogP contribution in [0.1, 0.15) is 64.7 Å². The second kappa shape index (κ2) is 8.28. The fourth-order valence-electron chi connectivity index (χ4n) is 6.90. The van der Waals surface area contributed by atoms with Gasteiger partial charge in [-0.1, -0.05) is 18.2 Å². The normalized spacial score (nSPS) is 41.4. The van der Waals surface area contributed by atoms with Crippen molar-refractivity contribution in [3.05, 3.63) is 35.9 Å². The Kier molecular flexibility index (Phi) is 6.06. The molecule has 0 aromatic heterocycles. The van der Waals surface area contributed by atoms with Gasteiger partial charge in [-0.3, -0.25) is 9.59 Å². The Morgan fingerprint density at radius 2 is 1.51 bits per heavy atom. The molecule has 192 valence electrons. The van der Waals surface area contributed by atoms with Crippen molar-refractivity contribution in [2.24, 2.45) is 11.3 Å². The molecule has 1 spiro atoms. The molecule has 1 aromatic carbocycles. The van der Waals surface area contributed by atoms with Gasteiger partial charge in [0.25, 0.3) is 0 Å². The number of fused-ring (bicyclic) bond motifs is 1. The summed E-state index contributed by atoms with van der Waals surface area (Å²) in [5.74, 6) is -2.68. The summed E-state index contributed by atoms with van der Waals surface area (Å²) in [5, 5.41) is 23.4. The molecule has 8 atom stereocenters. The molecule has 0 radical (unpaired) electrons. The van der Waals surface area contributed by atoms with Crippen LogP contribution in [-0.2, 0) is 28.5 Å². The molecule has 0 amide bonds. The zero-order valence-corrected chi connectivity index (χ0v) is 20.9. The molecule has 1 heterocycles. The van der Waals surface area contributed by atoms with Crippen molar-refractivity contribution in [3.8, 4) is 0 Å². The van der Waals surface area contributed by atoms with Gasteiger partial charge in [0.05, 0.1) is 28.1 Å². The molecular formula is C26H34O9. The minimum Gasteiger partial charge on any atom is -0.459 e. The molecular weight excluding hydrogens is 456 g/mol. The summed E-state index contributed by atoms with van der Waals surface area (Å²) < 4.78 is 24.1. The number of aliphatic hydroxyl groups is 2. The van der Waals surface area contributed by atoms with Crippen LogP contribution >= 0.6 is 0 Å². The van der Waals surface area contributed by atoms with Crippen molar-refractivity contribution in [3.63, 3.8) is 0 Å². The molecule has 1 aliphatic heterocycles. The molecule has 4 rings (SSSR count). The molecule has 2 aliphatic carbocycles. The van der Waals surface area contributed by atoms with Crippen LogP contribution in [0.5, 0.6) is 0 Å². The van der Waals surface area contributed by atoms with Crippen molar-refractivity contribution in [1.82, 2.24) is 0 Å². The van der Waals surface area contributed by atoms with Crippen molar-refractivity contribution in [1.29, 1.82) is 0 Å². The van der Waals surface area contributed by atoms with E-state index < -0.39 is 70.5 Å². The van der Waals surface area contributed by atoms with Gasteiger partial charge >= 0.3 is 17.9 Å². The fraction of sp³-hybridized carbons (Fsp3) is 0.654. The third-order valence-corrected chi connectivity index (χ3v) is 8.23. The Labute approximate surface area is 204 Å². The maximum Gasteiger partial charge on any atom is 0.338 e. The molecule has 2 saturated carbocycles. The summed E-state index contributed by atoms with van der Waals surface area (Å²) in [4.78, 5) is 37.5. The molecule has 9 heteroatoms. The van der Waals surface area contributed by atoms with E-state index in [9.17, 15) is 24.6 Å². The zero-order valence-electron chi connectivity index (χ0n) is 20.9. The van der Waals surface area contributed by atoms with Crippen molar-refractivity contribution >= 4 is 17.9 Å². The lowest BCUT2D eigenvalue weighted by atomic mass is 9.47. The van der Waals surface area contributed by atoms with Crippen LogP contribution in [0.15, 0.2) is 30.3 Å². The maximum absolute atomic E-state index is 13.1. The summed E-state index contributed by atoms with van der Waals surface area (Å²) in [6.45, 7) is 9.18. The standard InChI is InChI=1S/C26H34O9/c1-14(27)32-20-18-19(29)21(33-15(2)28)25(6)17(34-22(30)16-10-8-7-9-11-16)12-13-24(5,31)26(20,25)35-23(18,3)4/h7-11,17-21,29,31H,12-13H2,1-6H3/t17-,18+,19-,20+,21+,24-,25-,26-/m0/s1. The van der Waals surface area contributed by atoms with Crippen LogP contribution in [0.3, 0.4) is 0 Å². The lowest BCUT2D eigenvalue weighted by molar-refractivity contribution is -0.336. The number of carbonyl (C=O) groups is 3. The number of benzene rings is 1. The van der Waals surface area contributed by atoms with Gasteiger partial charge in [-0.25, -0.2) is 4.79 Å². The van der Waals surface area contributed by atoms with Crippen molar-refractivity contribution in [2.45, 2.75) is 95.6 Å². The minimum atomic E-state index is -1.65. The molecule has 1 saturated heterocycles. The molecule has 1 aromatic rings.